The van der Waals surface area contributed by atoms with E-state index in [1.54, 1.807) is 6.20 Å². The summed E-state index contributed by atoms with van der Waals surface area (Å²) in [5.41, 5.74) is 1.82. The maximum atomic E-state index is 6.02. The highest BCUT2D eigenvalue weighted by Gasteiger charge is 2.16. The molecule has 0 saturated heterocycles. The number of pyridine rings is 1. The summed E-state index contributed by atoms with van der Waals surface area (Å²) in [5.74, 6) is 2.47. The van der Waals surface area contributed by atoms with Gasteiger partial charge in [-0.3, -0.25) is 0 Å². The van der Waals surface area contributed by atoms with Crippen molar-refractivity contribution in [2.45, 2.75) is 51.5 Å². The number of aromatic nitrogens is 3. The lowest BCUT2D eigenvalue weighted by molar-refractivity contribution is 0.324. The van der Waals surface area contributed by atoms with Crippen molar-refractivity contribution in [3.63, 3.8) is 0 Å². The standard InChI is InChI=1S/C16H21Cl2N3/c17-8-6-15-20-14-10-13(18)11-19-16(14)21(15)9-7-12-4-2-1-3-5-12/h10-12H,1-9H2. The fourth-order valence-corrected chi connectivity index (χ4v) is 3.65. The van der Waals surface area contributed by atoms with E-state index in [0.717, 1.165) is 35.9 Å². The summed E-state index contributed by atoms with van der Waals surface area (Å²) in [6.45, 7) is 0.988. The molecule has 0 aromatic carbocycles. The average molecular weight is 326 g/mol. The van der Waals surface area contributed by atoms with Crippen molar-refractivity contribution in [3.8, 4) is 0 Å². The molecule has 0 bridgehead atoms. The zero-order valence-electron chi connectivity index (χ0n) is 12.2. The van der Waals surface area contributed by atoms with Gasteiger partial charge in [0.2, 0.25) is 0 Å². The molecular formula is C16H21Cl2N3. The highest BCUT2D eigenvalue weighted by molar-refractivity contribution is 6.31. The predicted molar refractivity (Wildman–Crippen MR) is 88.2 cm³/mol. The Morgan fingerprint density at radius 1 is 1.24 bits per heavy atom. The Balaban J connectivity index is 1.82. The van der Waals surface area contributed by atoms with E-state index in [0.29, 0.717) is 10.9 Å². The summed E-state index contributed by atoms with van der Waals surface area (Å²) in [6.07, 6.45) is 10.6. The van der Waals surface area contributed by atoms with Crippen LogP contribution < -0.4 is 0 Å². The predicted octanol–water partition coefficient (Wildman–Crippen LogP) is 4.84. The normalized spacial score (nSPS) is 16.7. The average Bonchev–Trinajstić information content (AvgIpc) is 2.83. The van der Waals surface area contributed by atoms with E-state index in [-0.39, 0.29) is 0 Å². The number of halogens is 2. The van der Waals surface area contributed by atoms with Gasteiger partial charge in [-0.05, 0) is 18.4 Å². The highest BCUT2D eigenvalue weighted by atomic mass is 35.5. The third-order valence-electron chi connectivity index (χ3n) is 4.43. The van der Waals surface area contributed by atoms with Crippen molar-refractivity contribution in [2.24, 2.45) is 5.92 Å². The molecule has 0 amide bonds. The van der Waals surface area contributed by atoms with Gasteiger partial charge in [0, 0.05) is 25.0 Å². The molecular weight excluding hydrogens is 305 g/mol. The second-order valence-corrected chi connectivity index (χ2v) is 6.72. The topological polar surface area (TPSA) is 30.7 Å². The van der Waals surface area contributed by atoms with E-state index in [2.05, 4.69) is 14.5 Å². The molecule has 2 aromatic heterocycles. The van der Waals surface area contributed by atoms with Gasteiger partial charge in [-0.1, -0.05) is 43.7 Å². The van der Waals surface area contributed by atoms with Gasteiger partial charge in [0.15, 0.2) is 5.65 Å². The number of hydrogen-bond donors (Lipinski definition) is 0. The van der Waals surface area contributed by atoms with Crippen LogP contribution in [-0.4, -0.2) is 20.4 Å². The summed E-state index contributed by atoms with van der Waals surface area (Å²) in [5, 5.41) is 0.636. The fourth-order valence-electron chi connectivity index (χ4n) is 3.33. The third kappa shape index (κ3) is 3.51. The zero-order chi connectivity index (χ0) is 14.7. The van der Waals surface area contributed by atoms with Gasteiger partial charge in [-0.25, -0.2) is 9.97 Å². The number of alkyl halides is 1. The van der Waals surface area contributed by atoms with E-state index in [1.165, 1.54) is 38.5 Å². The van der Waals surface area contributed by atoms with Crippen molar-refractivity contribution in [1.29, 1.82) is 0 Å². The van der Waals surface area contributed by atoms with Crippen LogP contribution >= 0.6 is 23.2 Å². The molecule has 3 nitrogen and oxygen atoms in total. The van der Waals surface area contributed by atoms with Gasteiger partial charge in [0.25, 0.3) is 0 Å². The Kier molecular flexibility index (Phi) is 5.02. The van der Waals surface area contributed by atoms with E-state index >= 15 is 0 Å². The lowest BCUT2D eigenvalue weighted by atomic mass is 9.87. The first-order valence-electron chi connectivity index (χ1n) is 7.84. The lowest BCUT2D eigenvalue weighted by Gasteiger charge is -2.22. The Bertz CT molecular complexity index is 603. The minimum atomic E-state index is 0.584. The second kappa shape index (κ2) is 6.97. The van der Waals surface area contributed by atoms with Gasteiger partial charge >= 0.3 is 0 Å². The van der Waals surface area contributed by atoms with Crippen LogP contribution in [0.5, 0.6) is 0 Å². The van der Waals surface area contributed by atoms with Crippen LogP contribution in [0.2, 0.25) is 5.02 Å². The molecule has 1 saturated carbocycles. The number of fused-ring (bicyclic) bond motifs is 1. The van der Waals surface area contributed by atoms with Crippen molar-refractivity contribution in [1.82, 2.24) is 14.5 Å². The van der Waals surface area contributed by atoms with Crippen molar-refractivity contribution in [2.75, 3.05) is 5.88 Å². The smallest absolute Gasteiger partial charge is 0.160 e. The third-order valence-corrected chi connectivity index (χ3v) is 4.83. The quantitative estimate of drug-likeness (QED) is 0.736. The number of nitrogens with zero attached hydrogens (tertiary/aromatic N) is 3. The molecule has 1 aliphatic rings. The van der Waals surface area contributed by atoms with Gasteiger partial charge in [0.05, 0.1) is 5.02 Å². The van der Waals surface area contributed by atoms with E-state index in [9.17, 15) is 0 Å². The Labute approximate surface area is 135 Å². The molecule has 114 valence electrons. The van der Waals surface area contributed by atoms with Crippen LogP contribution in [0.25, 0.3) is 11.2 Å². The molecule has 2 heterocycles. The number of aryl methyl sites for hydroxylation is 2. The highest BCUT2D eigenvalue weighted by Crippen LogP contribution is 2.28. The van der Waals surface area contributed by atoms with E-state index < -0.39 is 0 Å². The van der Waals surface area contributed by atoms with Crippen LogP contribution in [0, 0.1) is 5.92 Å². The van der Waals surface area contributed by atoms with Crippen LogP contribution in [0.4, 0.5) is 0 Å². The number of imidazole rings is 1. The second-order valence-electron chi connectivity index (χ2n) is 5.91. The summed E-state index contributed by atoms with van der Waals surface area (Å²) in [6, 6.07) is 1.89. The number of hydrogen-bond acceptors (Lipinski definition) is 2. The summed E-state index contributed by atoms with van der Waals surface area (Å²) in [4.78, 5) is 9.13. The van der Waals surface area contributed by atoms with Gasteiger partial charge in [-0.2, -0.15) is 0 Å². The molecule has 0 N–H and O–H groups in total. The zero-order valence-corrected chi connectivity index (χ0v) is 13.7. The maximum Gasteiger partial charge on any atom is 0.160 e. The summed E-state index contributed by atoms with van der Waals surface area (Å²) < 4.78 is 2.24. The molecule has 3 rings (SSSR count). The van der Waals surface area contributed by atoms with Crippen LogP contribution in [-0.2, 0) is 13.0 Å². The minimum Gasteiger partial charge on any atom is -0.313 e. The SMILES string of the molecule is ClCCc1nc2cc(Cl)cnc2n1CCC1CCCCC1. The minimum absolute atomic E-state index is 0.584. The molecule has 0 unspecified atom stereocenters. The van der Waals surface area contributed by atoms with Gasteiger partial charge in [0.1, 0.15) is 11.3 Å². The summed E-state index contributed by atoms with van der Waals surface area (Å²) in [7, 11) is 0. The molecule has 1 fully saturated rings. The first-order chi connectivity index (χ1) is 10.3. The fraction of sp³-hybridized carbons (Fsp3) is 0.625. The summed E-state index contributed by atoms with van der Waals surface area (Å²) >= 11 is 11.9. The molecule has 0 spiro atoms. The first-order valence-corrected chi connectivity index (χ1v) is 8.76. The van der Waals surface area contributed by atoms with Crippen molar-refractivity contribution in [3.05, 3.63) is 23.1 Å². The first kappa shape index (κ1) is 15.1. The van der Waals surface area contributed by atoms with Crippen molar-refractivity contribution >= 4 is 34.4 Å². The van der Waals surface area contributed by atoms with Gasteiger partial charge < -0.3 is 4.57 Å². The van der Waals surface area contributed by atoms with Crippen LogP contribution in [0.15, 0.2) is 12.3 Å². The maximum absolute atomic E-state index is 6.02. The van der Waals surface area contributed by atoms with Crippen molar-refractivity contribution < 1.29 is 0 Å². The Morgan fingerprint density at radius 2 is 2.05 bits per heavy atom. The van der Waals surface area contributed by atoms with E-state index in [1.807, 2.05) is 6.07 Å². The molecule has 1 aliphatic carbocycles. The number of rotatable bonds is 5. The molecule has 2 aromatic rings. The molecule has 5 heteroatoms. The molecule has 0 radical (unpaired) electrons. The Morgan fingerprint density at radius 3 is 2.81 bits per heavy atom. The van der Waals surface area contributed by atoms with Gasteiger partial charge in [-0.15, -0.1) is 11.6 Å². The molecule has 0 atom stereocenters. The van der Waals surface area contributed by atoms with Crippen LogP contribution in [0.1, 0.15) is 44.3 Å². The largest absolute Gasteiger partial charge is 0.313 e. The monoisotopic (exact) mass is 325 g/mol. The van der Waals surface area contributed by atoms with Crippen LogP contribution in [0.3, 0.4) is 0 Å². The lowest BCUT2D eigenvalue weighted by Crippen LogP contribution is -2.12. The molecule has 21 heavy (non-hydrogen) atoms. The Hall–Kier alpha value is -0.800. The van der Waals surface area contributed by atoms with E-state index in [4.69, 9.17) is 23.2 Å². The molecule has 0 aliphatic heterocycles.